The zero-order valence-corrected chi connectivity index (χ0v) is 9.44. The molecule has 0 saturated heterocycles. The summed E-state index contributed by atoms with van der Waals surface area (Å²) < 4.78 is 0. The van der Waals surface area contributed by atoms with E-state index in [0.717, 1.165) is 11.6 Å². The van der Waals surface area contributed by atoms with Crippen LogP contribution in [-0.4, -0.2) is 29.0 Å². The molecule has 3 nitrogen and oxygen atoms in total. The molecule has 0 atom stereocenters. The molecule has 0 aliphatic rings. The third-order valence-corrected chi connectivity index (χ3v) is 1.26. The summed E-state index contributed by atoms with van der Waals surface area (Å²) in [6, 6.07) is 6.98. The van der Waals surface area contributed by atoms with Crippen molar-refractivity contribution < 1.29 is 15.0 Å². The summed E-state index contributed by atoms with van der Waals surface area (Å²) >= 11 is 0. The Morgan fingerprint density at radius 2 is 1.86 bits per heavy atom. The molecular formula is C10H10MgO3. The smallest absolute Gasteiger partial charge is 0.872 e. The average molecular weight is 202 g/mol. The first-order valence-corrected chi connectivity index (χ1v) is 3.64. The minimum absolute atomic E-state index is 0. The number of benzene rings is 1. The summed E-state index contributed by atoms with van der Waals surface area (Å²) in [6.07, 6.45) is 0.722. The molecular weight excluding hydrogens is 192 g/mol. The third kappa shape index (κ3) is 7.64. The van der Waals surface area contributed by atoms with Crippen molar-refractivity contribution in [3.8, 4) is 5.75 Å². The molecule has 1 aromatic carbocycles. The van der Waals surface area contributed by atoms with Gasteiger partial charge in [-0.05, 0) is 13.0 Å². The van der Waals surface area contributed by atoms with Crippen LogP contribution in [0.1, 0.15) is 5.56 Å². The van der Waals surface area contributed by atoms with E-state index >= 15 is 0 Å². The van der Waals surface area contributed by atoms with Crippen molar-refractivity contribution >= 4 is 29.0 Å². The van der Waals surface area contributed by atoms with Crippen LogP contribution in [0.4, 0.5) is 0 Å². The van der Waals surface area contributed by atoms with Crippen molar-refractivity contribution in [3.63, 3.8) is 0 Å². The van der Waals surface area contributed by atoms with Gasteiger partial charge in [-0.25, -0.2) is 0 Å². The predicted octanol–water partition coefficient (Wildman–Crippen LogP) is -0.390. The minimum atomic E-state index is -1.23. The van der Waals surface area contributed by atoms with E-state index in [2.05, 4.69) is 6.58 Å². The van der Waals surface area contributed by atoms with Crippen molar-refractivity contribution in [1.29, 1.82) is 0 Å². The van der Waals surface area contributed by atoms with Crippen molar-refractivity contribution in [2.24, 2.45) is 0 Å². The van der Waals surface area contributed by atoms with Gasteiger partial charge in [0.1, 0.15) is 0 Å². The quantitative estimate of drug-likeness (QED) is 0.460. The summed E-state index contributed by atoms with van der Waals surface area (Å²) in [5, 5.41) is 19.8. The third-order valence-electron chi connectivity index (χ3n) is 1.26. The molecule has 0 saturated carbocycles. The Morgan fingerprint density at radius 3 is 2.07 bits per heavy atom. The maximum Gasteiger partial charge on any atom is 2.00 e. The van der Waals surface area contributed by atoms with Crippen molar-refractivity contribution in [1.82, 2.24) is 0 Å². The van der Waals surface area contributed by atoms with Crippen molar-refractivity contribution in [2.75, 3.05) is 0 Å². The zero-order chi connectivity index (χ0) is 10.3. The fourth-order valence-electron chi connectivity index (χ4n) is 0.556. The molecule has 0 amide bonds. The number of carbonyl (C=O) groups excluding carboxylic acids is 1. The fourth-order valence-corrected chi connectivity index (χ4v) is 0.556. The number of carboxylic acid groups (broad SMARTS) is 1. The van der Waals surface area contributed by atoms with Crippen LogP contribution in [0.2, 0.25) is 0 Å². The van der Waals surface area contributed by atoms with Gasteiger partial charge in [0.25, 0.3) is 0 Å². The van der Waals surface area contributed by atoms with Crippen molar-refractivity contribution in [2.45, 2.75) is 6.92 Å². The van der Waals surface area contributed by atoms with Crippen LogP contribution in [0.15, 0.2) is 36.9 Å². The topological polar surface area (TPSA) is 63.2 Å². The first-order chi connectivity index (χ1) is 6.07. The van der Waals surface area contributed by atoms with Gasteiger partial charge in [0.2, 0.25) is 0 Å². The Morgan fingerprint density at radius 1 is 1.43 bits per heavy atom. The Kier molecular flexibility index (Phi) is 9.49. The summed E-state index contributed by atoms with van der Waals surface area (Å²) in [4.78, 5) is 9.14. The molecule has 14 heavy (non-hydrogen) atoms. The number of aryl methyl sites for hydroxylation is 1. The molecule has 1 aromatic rings. The zero-order valence-electron chi connectivity index (χ0n) is 8.03. The van der Waals surface area contributed by atoms with Crippen LogP contribution in [0.25, 0.3) is 0 Å². The first kappa shape index (κ1) is 15.5. The largest absolute Gasteiger partial charge is 2.00 e. The molecule has 0 bridgehead atoms. The van der Waals surface area contributed by atoms with E-state index in [1.54, 1.807) is 12.1 Å². The Bertz CT molecular complexity index is 276. The molecule has 0 heterocycles. The Labute approximate surface area is 99.2 Å². The normalized spacial score (nSPS) is 7.50. The second kappa shape index (κ2) is 8.59. The van der Waals surface area contributed by atoms with E-state index in [0.29, 0.717) is 0 Å². The van der Waals surface area contributed by atoms with E-state index in [-0.39, 0.29) is 28.8 Å². The van der Waals surface area contributed by atoms with Gasteiger partial charge >= 0.3 is 23.1 Å². The second-order valence-electron chi connectivity index (χ2n) is 2.29. The van der Waals surface area contributed by atoms with Gasteiger partial charge in [-0.15, -0.1) is 5.75 Å². The molecule has 0 unspecified atom stereocenters. The summed E-state index contributed by atoms with van der Waals surface area (Å²) in [7, 11) is 0. The first-order valence-electron chi connectivity index (χ1n) is 3.64. The molecule has 70 valence electrons. The Balaban J connectivity index is 0. The number of carboxylic acids is 1. The molecule has 4 heteroatoms. The monoisotopic (exact) mass is 202 g/mol. The van der Waals surface area contributed by atoms with Gasteiger partial charge < -0.3 is 15.0 Å². The SMILES string of the molecule is C=CC(=O)[O-].Cc1ccccc1[O-].[Mg+2]. The van der Waals surface area contributed by atoms with E-state index < -0.39 is 5.97 Å². The van der Waals surface area contributed by atoms with Gasteiger partial charge in [-0.1, -0.05) is 36.4 Å². The number of hydrogen-bond acceptors (Lipinski definition) is 3. The summed E-state index contributed by atoms with van der Waals surface area (Å²) in [6.45, 7) is 4.71. The Hall–Kier alpha value is -1.00. The molecule has 1 rings (SSSR count). The van der Waals surface area contributed by atoms with E-state index in [1.165, 1.54) is 0 Å². The number of para-hydroxylation sites is 1. The number of carbonyl (C=O) groups is 1. The van der Waals surface area contributed by atoms with E-state index in [9.17, 15) is 5.11 Å². The molecule has 0 spiro atoms. The van der Waals surface area contributed by atoms with Gasteiger partial charge in [0.05, 0.1) is 5.97 Å². The number of rotatable bonds is 1. The number of hydrogen-bond donors (Lipinski definition) is 0. The summed E-state index contributed by atoms with van der Waals surface area (Å²) in [5.41, 5.74) is 0.813. The minimum Gasteiger partial charge on any atom is -0.872 e. The molecule has 0 N–H and O–H groups in total. The van der Waals surface area contributed by atoms with Crippen molar-refractivity contribution in [3.05, 3.63) is 42.5 Å². The number of aliphatic carboxylic acids is 1. The van der Waals surface area contributed by atoms with Crippen LogP contribution in [0.3, 0.4) is 0 Å². The molecule has 0 aliphatic carbocycles. The van der Waals surface area contributed by atoms with Gasteiger partial charge in [0, 0.05) is 0 Å². The van der Waals surface area contributed by atoms with Crippen LogP contribution >= 0.6 is 0 Å². The maximum atomic E-state index is 10.6. The molecule has 0 radical (unpaired) electrons. The average Bonchev–Trinajstić information content (AvgIpc) is 2.11. The van der Waals surface area contributed by atoms with E-state index in [4.69, 9.17) is 9.90 Å². The van der Waals surface area contributed by atoms with Crippen LogP contribution < -0.4 is 10.2 Å². The van der Waals surface area contributed by atoms with Crippen LogP contribution in [0.5, 0.6) is 5.75 Å². The molecule has 0 aromatic heterocycles. The molecule has 0 aliphatic heterocycles. The predicted molar refractivity (Wildman–Crippen MR) is 51.6 cm³/mol. The standard InChI is InChI=1S/C7H8O.C3H4O2.Mg/c1-6-4-2-3-5-7(6)8;1-2-3(4)5;/h2-5,8H,1H3;2H,1H2,(H,4,5);/q;;+2/p-2. The summed E-state index contributed by atoms with van der Waals surface area (Å²) in [5.74, 6) is -1.11. The van der Waals surface area contributed by atoms with Gasteiger partial charge in [-0.2, -0.15) is 0 Å². The second-order valence-corrected chi connectivity index (χ2v) is 2.29. The van der Waals surface area contributed by atoms with E-state index in [1.807, 2.05) is 19.1 Å². The van der Waals surface area contributed by atoms with Crippen LogP contribution in [0, 0.1) is 6.92 Å². The van der Waals surface area contributed by atoms with Gasteiger partial charge in [0.15, 0.2) is 0 Å². The maximum absolute atomic E-state index is 10.6. The fraction of sp³-hybridized carbons (Fsp3) is 0.100. The van der Waals surface area contributed by atoms with Crippen LogP contribution in [-0.2, 0) is 4.79 Å². The molecule has 0 fully saturated rings. The van der Waals surface area contributed by atoms with Gasteiger partial charge in [-0.3, -0.25) is 0 Å².